The Morgan fingerprint density at radius 3 is 2.71 bits per heavy atom. The van der Waals surface area contributed by atoms with Crippen LogP contribution in [-0.2, 0) is 11.2 Å². The van der Waals surface area contributed by atoms with Crippen LogP contribution in [0.25, 0.3) is 0 Å². The summed E-state index contributed by atoms with van der Waals surface area (Å²) >= 11 is 0. The number of carbonyl (C=O) groups is 1. The summed E-state index contributed by atoms with van der Waals surface area (Å²) in [7, 11) is 0. The number of nitrogen functional groups attached to an aromatic ring is 1. The summed E-state index contributed by atoms with van der Waals surface area (Å²) in [5.41, 5.74) is 9.44. The Morgan fingerprint density at radius 1 is 1.35 bits per heavy atom. The molecule has 1 aliphatic heterocycles. The predicted molar refractivity (Wildman–Crippen MR) is 71.1 cm³/mol. The van der Waals surface area contributed by atoms with Gasteiger partial charge in [-0.1, -0.05) is 13.8 Å². The van der Waals surface area contributed by atoms with E-state index in [0.29, 0.717) is 24.1 Å². The molecular formula is C13H19N3O. The Bertz CT molecular complexity index is 454. The van der Waals surface area contributed by atoms with Crippen LogP contribution in [0.5, 0.6) is 0 Å². The Morgan fingerprint density at radius 2 is 2.06 bits per heavy atom. The lowest BCUT2D eigenvalue weighted by atomic mass is 10.0. The minimum Gasteiger partial charge on any atom is -0.397 e. The van der Waals surface area contributed by atoms with E-state index in [0.717, 1.165) is 16.9 Å². The summed E-state index contributed by atoms with van der Waals surface area (Å²) in [5.74, 6) is 0.561. The number of benzene rings is 1. The molecule has 0 aliphatic carbocycles. The molecule has 0 spiro atoms. The van der Waals surface area contributed by atoms with E-state index in [4.69, 9.17) is 5.73 Å². The fourth-order valence-corrected chi connectivity index (χ4v) is 1.83. The highest BCUT2D eigenvalue weighted by Crippen LogP contribution is 2.32. The molecule has 1 amide bonds. The zero-order valence-electron chi connectivity index (χ0n) is 10.5. The first-order valence-corrected chi connectivity index (χ1v) is 5.96. The summed E-state index contributed by atoms with van der Waals surface area (Å²) in [6.45, 7) is 6.43. The lowest BCUT2D eigenvalue weighted by molar-refractivity contribution is -0.115. The first-order valence-electron chi connectivity index (χ1n) is 5.96. The number of hydrogen-bond donors (Lipinski definition) is 3. The van der Waals surface area contributed by atoms with Crippen LogP contribution >= 0.6 is 0 Å². The van der Waals surface area contributed by atoms with Gasteiger partial charge in [-0.25, -0.2) is 0 Å². The van der Waals surface area contributed by atoms with Crippen LogP contribution in [-0.4, -0.2) is 11.9 Å². The molecule has 1 heterocycles. The molecule has 17 heavy (non-hydrogen) atoms. The zero-order chi connectivity index (χ0) is 12.6. The molecule has 1 unspecified atom stereocenters. The number of amides is 1. The first kappa shape index (κ1) is 11.8. The van der Waals surface area contributed by atoms with Gasteiger partial charge in [-0.3, -0.25) is 4.79 Å². The lowest BCUT2D eigenvalue weighted by Gasteiger charge is -2.20. The van der Waals surface area contributed by atoms with Crippen LogP contribution in [0, 0.1) is 5.92 Å². The number of rotatable bonds is 3. The largest absolute Gasteiger partial charge is 0.397 e. The SMILES string of the molecule is CC(C)C(C)Nc1cc2c(cc1N)CC(=O)N2. The maximum absolute atomic E-state index is 11.3. The molecule has 0 fully saturated rings. The lowest BCUT2D eigenvalue weighted by Crippen LogP contribution is -2.22. The first-order chi connectivity index (χ1) is 7.97. The molecule has 92 valence electrons. The Hall–Kier alpha value is -1.71. The van der Waals surface area contributed by atoms with E-state index in [1.54, 1.807) is 0 Å². The Kier molecular flexibility index (Phi) is 2.96. The third kappa shape index (κ3) is 2.35. The fraction of sp³-hybridized carbons (Fsp3) is 0.462. The van der Waals surface area contributed by atoms with E-state index in [1.807, 2.05) is 12.1 Å². The van der Waals surface area contributed by atoms with Gasteiger partial charge in [0.15, 0.2) is 0 Å². The van der Waals surface area contributed by atoms with Gasteiger partial charge in [0.2, 0.25) is 5.91 Å². The van der Waals surface area contributed by atoms with Gasteiger partial charge in [-0.2, -0.15) is 0 Å². The van der Waals surface area contributed by atoms with Gasteiger partial charge < -0.3 is 16.4 Å². The van der Waals surface area contributed by atoms with Gasteiger partial charge >= 0.3 is 0 Å². The number of fused-ring (bicyclic) bond motifs is 1. The van der Waals surface area contributed by atoms with E-state index >= 15 is 0 Å². The standard InChI is InChI=1S/C13H19N3O/c1-7(2)8(3)15-12-6-11-9(4-10(12)14)5-13(17)16-11/h4,6-8,15H,5,14H2,1-3H3,(H,16,17). The second-order valence-electron chi connectivity index (χ2n) is 5.00. The molecule has 1 aromatic rings. The van der Waals surface area contributed by atoms with Crippen LogP contribution in [0.2, 0.25) is 0 Å². The van der Waals surface area contributed by atoms with E-state index in [2.05, 4.69) is 31.4 Å². The molecule has 1 aliphatic rings. The van der Waals surface area contributed by atoms with E-state index in [9.17, 15) is 4.79 Å². The second-order valence-corrected chi connectivity index (χ2v) is 5.00. The van der Waals surface area contributed by atoms with Gasteiger partial charge in [-0.15, -0.1) is 0 Å². The molecule has 4 N–H and O–H groups in total. The van der Waals surface area contributed by atoms with Gasteiger partial charge in [0, 0.05) is 11.7 Å². The van der Waals surface area contributed by atoms with E-state index in [-0.39, 0.29) is 5.91 Å². The van der Waals surface area contributed by atoms with Crippen LogP contribution in [0.1, 0.15) is 26.3 Å². The van der Waals surface area contributed by atoms with Crippen molar-refractivity contribution in [3.63, 3.8) is 0 Å². The summed E-state index contributed by atoms with van der Waals surface area (Å²) in [5, 5.41) is 6.21. The maximum atomic E-state index is 11.3. The Balaban J connectivity index is 2.25. The second kappa shape index (κ2) is 4.28. The molecule has 1 aromatic carbocycles. The molecule has 0 saturated carbocycles. The molecule has 4 heteroatoms. The molecule has 4 nitrogen and oxygen atoms in total. The quantitative estimate of drug-likeness (QED) is 0.701. The molecule has 1 atom stereocenters. The highest BCUT2D eigenvalue weighted by molar-refractivity contribution is 6.00. The number of carbonyl (C=O) groups excluding carboxylic acids is 1. The zero-order valence-corrected chi connectivity index (χ0v) is 10.5. The van der Waals surface area contributed by atoms with Gasteiger partial charge in [0.25, 0.3) is 0 Å². The van der Waals surface area contributed by atoms with Crippen LogP contribution in [0.3, 0.4) is 0 Å². The van der Waals surface area contributed by atoms with Crippen molar-refractivity contribution >= 4 is 23.0 Å². The van der Waals surface area contributed by atoms with Crippen LogP contribution in [0.4, 0.5) is 17.1 Å². The number of nitrogens with one attached hydrogen (secondary N) is 2. The summed E-state index contributed by atoms with van der Waals surface area (Å²) < 4.78 is 0. The summed E-state index contributed by atoms with van der Waals surface area (Å²) in [4.78, 5) is 11.3. The van der Waals surface area contributed by atoms with Gasteiger partial charge in [0.05, 0.1) is 17.8 Å². The van der Waals surface area contributed by atoms with E-state index < -0.39 is 0 Å². The topological polar surface area (TPSA) is 67.1 Å². The van der Waals surface area contributed by atoms with Crippen molar-refractivity contribution in [3.05, 3.63) is 17.7 Å². The third-order valence-electron chi connectivity index (χ3n) is 3.28. The van der Waals surface area contributed by atoms with Crippen LogP contribution < -0.4 is 16.4 Å². The van der Waals surface area contributed by atoms with Crippen molar-refractivity contribution in [1.29, 1.82) is 0 Å². The minimum atomic E-state index is 0.0356. The predicted octanol–water partition coefficient (Wildman–Crippen LogP) is 2.22. The van der Waals surface area contributed by atoms with Crippen molar-refractivity contribution in [2.24, 2.45) is 5.92 Å². The molecule has 0 saturated heterocycles. The third-order valence-corrected chi connectivity index (χ3v) is 3.28. The Labute approximate surface area is 102 Å². The van der Waals surface area contributed by atoms with Crippen molar-refractivity contribution < 1.29 is 4.79 Å². The maximum Gasteiger partial charge on any atom is 0.228 e. The fourth-order valence-electron chi connectivity index (χ4n) is 1.83. The number of nitrogens with two attached hydrogens (primary N) is 1. The van der Waals surface area contributed by atoms with Crippen molar-refractivity contribution in [3.8, 4) is 0 Å². The summed E-state index contributed by atoms with van der Waals surface area (Å²) in [6, 6.07) is 4.14. The average Bonchev–Trinajstić information content (AvgIpc) is 2.57. The molecular weight excluding hydrogens is 214 g/mol. The van der Waals surface area contributed by atoms with Crippen molar-refractivity contribution in [2.45, 2.75) is 33.2 Å². The highest BCUT2D eigenvalue weighted by atomic mass is 16.1. The van der Waals surface area contributed by atoms with Gasteiger partial charge in [-0.05, 0) is 30.5 Å². The minimum absolute atomic E-state index is 0.0356. The van der Waals surface area contributed by atoms with Crippen LogP contribution in [0.15, 0.2) is 12.1 Å². The van der Waals surface area contributed by atoms with Crippen molar-refractivity contribution in [2.75, 3.05) is 16.4 Å². The number of hydrogen-bond acceptors (Lipinski definition) is 3. The molecule has 2 rings (SSSR count). The molecule has 0 aromatic heterocycles. The summed E-state index contributed by atoms with van der Waals surface area (Å²) in [6.07, 6.45) is 0.430. The number of anilines is 3. The highest BCUT2D eigenvalue weighted by Gasteiger charge is 2.20. The normalized spacial score (nSPS) is 15.6. The van der Waals surface area contributed by atoms with E-state index in [1.165, 1.54) is 0 Å². The molecule has 0 bridgehead atoms. The monoisotopic (exact) mass is 233 g/mol. The average molecular weight is 233 g/mol. The molecule has 0 radical (unpaired) electrons. The van der Waals surface area contributed by atoms with Crippen molar-refractivity contribution in [1.82, 2.24) is 0 Å². The van der Waals surface area contributed by atoms with Gasteiger partial charge in [0.1, 0.15) is 0 Å². The smallest absolute Gasteiger partial charge is 0.228 e.